The van der Waals surface area contributed by atoms with Gasteiger partial charge < -0.3 is 4.74 Å². The molecule has 0 radical (unpaired) electrons. The van der Waals surface area contributed by atoms with E-state index in [2.05, 4.69) is 16.8 Å². The number of rotatable bonds is 3. The Bertz CT molecular complexity index is 777. The van der Waals surface area contributed by atoms with Gasteiger partial charge in [0.05, 0.1) is 12.3 Å². The van der Waals surface area contributed by atoms with Crippen molar-refractivity contribution in [2.45, 2.75) is 37.4 Å². The van der Waals surface area contributed by atoms with Gasteiger partial charge in [0.1, 0.15) is 10.6 Å². The fraction of sp³-hybridized carbons (Fsp3) is 0.706. The molecule has 0 amide bonds. The van der Waals surface area contributed by atoms with Crippen LogP contribution in [0.15, 0.2) is 17.0 Å². The van der Waals surface area contributed by atoms with E-state index in [0.717, 1.165) is 18.6 Å². The van der Waals surface area contributed by atoms with Crippen molar-refractivity contribution in [2.24, 2.45) is 5.92 Å². The molecule has 6 nitrogen and oxygen atoms in total. The Morgan fingerprint density at radius 1 is 1.19 bits per heavy atom. The molecule has 2 fully saturated rings. The van der Waals surface area contributed by atoms with Crippen LogP contribution in [0.3, 0.4) is 0 Å². The highest BCUT2D eigenvalue weighted by atomic mass is 32.2. The van der Waals surface area contributed by atoms with E-state index in [1.807, 2.05) is 0 Å². The first-order valence-electron chi connectivity index (χ1n) is 8.97. The zero-order valence-electron chi connectivity index (χ0n) is 15.4. The number of hydrogen-bond donors (Lipinski definition) is 0. The lowest BCUT2D eigenvalue weighted by molar-refractivity contribution is -0.141. The molecule has 2 atom stereocenters. The minimum Gasteiger partial charge on any atom is -0.381 e. The van der Waals surface area contributed by atoms with Gasteiger partial charge in [-0.1, -0.05) is 6.92 Å². The molecule has 0 bridgehead atoms. The van der Waals surface area contributed by atoms with Crippen LogP contribution in [0.1, 0.15) is 24.7 Å². The maximum atomic E-state index is 12.9. The third-order valence-electron chi connectivity index (χ3n) is 5.28. The molecule has 2 aliphatic heterocycles. The van der Waals surface area contributed by atoms with Gasteiger partial charge in [0, 0.05) is 38.8 Å². The zero-order chi connectivity index (χ0) is 19.8. The molecular formula is C17H24F3N3O3S. The largest absolute Gasteiger partial charge is 0.433 e. The maximum Gasteiger partial charge on any atom is 0.433 e. The molecule has 0 aliphatic carbocycles. The van der Waals surface area contributed by atoms with Crippen LogP contribution in [-0.2, 0) is 20.9 Å². The van der Waals surface area contributed by atoms with E-state index in [0.29, 0.717) is 51.4 Å². The van der Waals surface area contributed by atoms with Gasteiger partial charge in [-0.05, 0) is 31.4 Å². The average Bonchev–Trinajstić information content (AvgIpc) is 2.61. The van der Waals surface area contributed by atoms with Crippen LogP contribution in [0.4, 0.5) is 13.2 Å². The van der Waals surface area contributed by atoms with Crippen LogP contribution in [0.25, 0.3) is 0 Å². The second-order valence-corrected chi connectivity index (χ2v) is 9.03. The van der Waals surface area contributed by atoms with Crippen LogP contribution in [-0.4, -0.2) is 68.0 Å². The SMILES string of the molecule is Cc1nc(C(F)(F)F)ccc1S(=O)(=O)N1CCN(C2CCOCC2C)CC1. The molecule has 3 heterocycles. The van der Waals surface area contributed by atoms with Crippen LogP contribution < -0.4 is 0 Å². The Labute approximate surface area is 157 Å². The fourth-order valence-electron chi connectivity index (χ4n) is 3.80. The number of alkyl halides is 3. The summed E-state index contributed by atoms with van der Waals surface area (Å²) in [5.41, 5.74) is -1.22. The third kappa shape index (κ3) is 4.28. The second kappa shape index (κ2) is 7.65. The predicted octanol–water partition coefficient (Wildman–Crippen LogP) is 2.14. The predicted molar refractivity (Wildman–Crippen MR) is 92.7 cm³/mol. The molecule has 1 aromatic heterocycles. The number of ether oxygens (including phenoxy) is 1. The summed E-state index contributed by atoms with van der Waals surface area (Å²) in [4.78, 5) is 5.57. The topological polar surface area (TPSA) is 62.7 Å². The number of aryl methyl sites for hydroxylation is 1. The smallest absolute Gasteiger partial charge is 0.381 e. The number of piperazine rings is 1. The van der Waals surface area contributed by atoms with E-state index in [9.17, 15) is 21.6 Å². The second-order valence-electron chi connectivity index (χ2n) is 7.13. The van der Waals surface area contributed by atoms with E-state index < -0.39 is 21.9 Å². The summed E-state index contributed by atoms with van der Waals surface area (Å²) in [7, 11) is -3.87. The first kappa shape index (κ1) is 20.5. The van der Waals surface area contributed by atoms with Crippen LogP contribution in [0, 0.1) is 12.8 Å². The van der Waals surface area contributed by atoms with Gasteiger partial charge in [-0.3, -0.25) is 4.90 Å². The highest BCUT2D eigenvalue weighted by Gasteiger charge is 2.37. The lowest BCUT2D eigenvalue weighted by atomic mass is 9.95. The number of nitrogens with zero attached hydrogens (tertiary/aromatic N) is 3. The molecule has 3 rings (SSSR count). The maximum absolute atomic E-state index is 12.9. The third-order valence-corrected chi connectivity index (χ3v) is 7.32. The Morgan fingerprint density at radius 3 is 2.41 bits per heavy atom. The standard InChI is InChI=1S/C17H24F3N3O3S/c1-12-11-26-10-5-14(12)22-6-8-23(9-7-22)27(24,25)15-3-4-16(17(18,19)20)21-13(15)2/h3-4,12,14H,5-11H2,1-2H3. The zero-order valence-corrected chi connectivity index (χ0v) is 16.2. The van der Waals surface area contributed by atoms with Crippen molar-refractivity contribution in [1.82, 2.24) is 14.2 Å². The van der Waals surface area contributed by atoms with Crippen molar-refractivity contribution in [3.63, 3.8) is 0 Å². The van der Waals surface area contributed by atoms with Gasteiger partial charge in [-0.15, -0.1) is 0 Å². The summed E-state index contributed by atoms with van der Waals surface area (Å²) in [6, 6.07) is 2.10. The number of halogens is 3. The molecule has 2 aliphatic rings. The summed E-state index contributed by atoms with van der Waals surface area (Å²) in [6.07, 6.45) is -3.67. The van der Waals surface area contributed by atoms with E-state index in [4.69, 9.17) is 4.74 Å². The minimum absolute atomic E-state index is 0.134. The lowest BCUT2D eigenvalue weighted by Crippen LogP contribution is -2.55. The Balaban J connectivity index is 1.72. The lowest BCUT2D eigenvalue weighted by Gasteiger charge is -2.42. The highest BCUT2D eigenvalue weighted by molar-refractivity contribution is 7.89. The van der Waals surface area contributed by atoms with Gasteiger partial charge in [-0.2, -0.15) is 17.5 Å². The Hall–Kier alpha value is -1.23. The summed E-state index contributed by atoms with van der Waals surface area (Å²) < 4.78 is 70.9. The molecule has 27 heavy (non-hydrogen) atoms. The summed E-state index contributed by atoms with van der Waals surface area (Å²) in [5.74, 6) is 0.392. The van der Waals surface area contributed by atoms with Gasteiger partial charge in [-0.25, -0.2) is 13.4 Å². The average molecular weight is 407 g/mol. The molecular weight excluding hydrogens is 383 g/mol. The van der Waals surface area contributed by atoms with Crippen molar-refractivity contribution in [3.8, 4) is 0 Å². The number of hydrogen-bond acceptors (Lipinski definition) is 5. The molecule has 10 heteroatoms. The van der Waals surface area contributed by atoms with Gasteiger partial charge >= 0.3 is 6.18 Å². The molecule has 0 spiro atoms. The minimum atomic E-state index is -4.60. The summed E-state index contributed by atoms with van der Waals surface area (Å²) >= 11 is 0. The molecule has 0 saturated carbocycles. The first-order chi connectivity index (χ1) is 12.6. The van der Waals surface area contributed by atoms with Crippen molar-refractivity contribution in [2.75, 3.05) is 39.4 Å². The molecule has 1 aromatic rings. The van der Waals surface area contributed by atoms with Gasteiger partial charge in [0.25, 0.3) is 0 Å². The van der Waals surface area contributed by atoms with Crippen LogP contribution in [0.5, 0.6) is 0 Å². The normalized spacial score (nSPS) is 26.3. The van der Waals surface area contributed by atoms with E-state index in [1.54, 1.807) is 0 Å². The molecule has 2 unspecified atom stereocenters. The van der Waals surface area contributed by atoms with Crippen LogP contribution >= 0.6 is 0 Å². The number of aromatic nitrogens is 1. The monoisotopic (exact) mass is 407 g/mol. The van der Waals surface area contributed by atoms with Crippen molar-refractivity contribution in [1.29, 1.82) is 0 Å². The summed E-state index contributed by atoms with van der Waals surface area (Å²) in [5, 5.41) is 0. The van der Waals surface area contributed by atoms with E-state index in [-0.39, 0.29) is 10.6 Å². The number of pyridine rings is 1. The molecule has 0 aromatic carbocycles. The van der Waals surface area contributed by atoms with Crippen molar-refractivity contribution in [3.05, 3.63) is 23.5 Å². The van der Waals surface area contributed by atoms with Gasteiger partial charge in [0.2, 0.25) is 10.0 Å². The molecule has 152 valence electrons. The molecule has 0 N–H and O–H groups in total. The first-order valence-corrected chi connectivity index (χ1v) is 10.4. The molecule has 2 saturated heterocycles. The quantitative estimate of drug-likeness (QED) is 0.768. The summed E-state index contributed by atoms with van der Waals surface area (Å²) in [6.45, 7) is 6.66. The van der Waals surface area contributed by atoms with Gasteiger partial charge in [0.15, 0.2) is 0 Å². The highest BCUT2D eigenvalue weighted by Crippen LogP contribution is 2.30. The van der Waals surface area contributed by atoms with Crippen molar-refractivity contribution < 1.29 is 26.3 Å². The number of sulfonamides is 1. The van der Waals surface area contributed by atoms with E-state index in [1.165, 1.54) is 11.2 Å². The van der Waals surface area contributed by atoms with E-state index >= 15 is 0 Å². The van der Waals surface area contributed by atoms with Crippen LogP contribution in [0.2, 0.25) is 0 Å². The van der Waals surface area contributed by atoms with Crippen molar-refractivity contribution >= 4 is 10.0 Å². The fourth-order valence-corrected chi connectivity index (χ4v) is 5.39. The Kier molecular flexibility index (Phi) is 5.81. The Morgan fingerprint density at radius 2 is 1.85 bits per heavy atom.